The van der Waals surface area contributed by atoms with Crippen molar-refractivity contribution in [2.24, 2.45) is 0 Å². The minimum atomic E-state index is -0.602. The number of nitrogens with zero attached hydrogens (tertiary/aromatic N) is 3. The van der Waals surface area contributed by atoms with Crippen LogP contribution in [0.1, 0.15) is 16.5 Å². The third-order valence-electron chi connectivity index (χ3n) is 4.40. The number of para-hydroxylation sites is 1. The summed E-state index contributed by atoms with van der Waals surface area (Å²) in [5.74, 6) is -1.42. The minimum absolute atomic E-state index is 0.153. The Kier molecular flexibility index (Phi) is 5.80. The van der Waals surface area contributed by atoms with Crippen molar-refractivity contribution in [2.75, 3.05) is 6.61 Å². The van der Waals surface area contributed by atoms with Gasteiger partial charge in [0.05, 0.1) is 11.6 Å². The van der Waals surface area contributed by atoms with E-state index in [1.54, 1.807) is 24.3 Å². The Morgan fingerprint density at radius 1 is 1.10 bits per heavy atom. The molecule has 0 aliphatic rings. The fourth-order valence-electron chi connectivity index (χ4n) is 2.98. The average Bonchev–Trinajstić information content (AvgIpc) is 3.42. The normalized spacial score (nSPS) is 11.9. The van der Waals surface area contributed by atoms with Crippen LogP contribution >= 0.6 is 11.3 Å². The SMILES string of the molecule is O=C(COC(=O)Cn1nnc2ccccc21)NC(c1ccc(F)cc1)c1cccs1. The Morgan fingerprint density at radius 2 is 1.90 bits per heavy atom. The summed E-state index contributed by atoms with van der Waals surface area (Å²) < 4.78 is 19.8. The third kappa shape index (κ3) is 4.52. The molecule has 4 aromatic rings. The lowest BCUT2D eigenvalue weighted by atomic mass is 10.1. The number of aromatic nitrogens is 3. The van der Waals surface area contributed by atoms with E-state index < -0.39 is 24.5 Å². The number of amides is 1. The number of nitrogens with one attached hydrogen (secondary N) is 1. The number of carbonyl (C=O) groups is 2. The van der Waals surface area contributed by atoms with Crippen LogP contribution in [0.5, 0.6) is 0 Å². The number of halogens is 1. The Labute approximate surface area is 175 Å². The molecule has 152 valence electrons. The molecule has 0 spiro atoms. The Hall–Kier alpha value is -3.59. The molecule has 0 aliphatic heterocycles. The average molecular weight is 424 g/mol. The number of benzene rings is 2. The van der Waals surface area contributed by atoms with E-state index in [2.05, 4.69) is 15.6 Å². The number of hydrogen-bond donors (Lipinski definition) is 1. The van der Waals surface area contributed by atoms with E-state index in [0.29, 0.717) is 11.0 Å². The van der Waals surface area contributed by atoms with Crippen LogP contribution < -0.4 is 5.32 Å². The monoisotopic (exact) mass is 424 g/mol. The summed E-state index contributed by atoms with van der Waals surface area (Å²) in [4.78, 5) is 25.5. The van der Waals surface area contributed by atoms with Gasteiger partial charge in [-0.1, -0.05) is 35.5 Å². The van der Waals surface area contributed by atoms with Crippen molar-refractivity contribution in [2.45, 2.75) is 12.6 Å². The van der Waals surface area contributed by atoms with Gasteiger partial charge in [-0.05, 0) is 41.3 Å². The number of carbonyl (C=O) groups excluding carboxylic acids is 2. The number of esters is 1. The fourth-order valence-corrected chi connectivity index (χ4v) is 3.78. The maximum absolute atomic E-state index is 13.3. The lowest BCUT2D eigenvalue weighted by Gasteiger charge is -2.18. The highest BCUT2D eigenvalue weighted by atomic mass is 32.1. The second kappa shape index (κ2) is 8.83. The standard InChI is InChI=1S/C21H17FN4O3S/c22-15-9-7-14(8-10-15)21(18-6-3-11-30-18)23-19(27)13-29-20(28)12-26-17-5-2-1-4-16(17)24-25-26/h1-11,21H,12-13H2,(H,23,27). The van der Waals surface area contributed by atoms with Crippen LogP contribution in [0, 0.1) is 5.82 Å². The summed E-state index contributed by atoms with van der Waals surface area (Å²) in [5.41, 5.74) is 2.10. The molecule has 0 saturated heterocycles. The Morgan fingerprint density at radius 3 is 2.67 bits per heavy atom. The Bertz CT molecular complexity index is 1160. The summed E-state index contributed by atoms with van der Waals surface area (Å²) in [6, 6.07) is 16.4. The van der Waals surface area contributed by atoms with E-state index in [1.165, 1.54) is 28.2 Å². The molecule has 9 heteroatoms. The molecule has 1 atom stereocenters. The molecule has 0 bridgehead atoms. The minimum Gasteiger partial charge on any atom is -0.454 e. The molecule has 7 nitrogen and oxygen atoms in total. The molecule has 2 aromatic carbocycles. The van der Waals surface area contributed by atoms with Crippen molar-refractivity contribution in [3.63, 3.8) is 0 Å². The van der Waals surface area contributed by atoms with Gasteiger partial charge in [0.2, 0.25) is 0 Å². The smallest absolute Gasteiger partial charge is 0.328 e. The summed E-state index contributed by atoms with van der Waals surface area (Å²) >= 11 is 1.47. The molecule has 0 fully saturated rings. The van der Waals surface area contributed by atoms with Crippen molar-refractivity contribution in [3.05, 3.63) is 82.3 Å². The van der Waals surface area contributed by atoms with Gasteiger partial charge in [0.25, 0.3) is 5.91 Å². The molecule has 0 radical (unpaired) electrons. The molecule has 0 aliphatic carbocycles. The first-order chi connectivity index (χ1) is 14.6. The predicted octanol–water partition coefficient (Wildman–Crippen LogP) is 3.08. The maximum atomic E-state index is 13.3. The van der Waals surface area contributed by atoms with Gasteiger partial charge in [0.15, 0.2) is 6.61 Å². The molecule has 2 aromatic heterocycles. The van der Waals surface area contributed by atoms with Gasteiger partial charge < -0.3 is 10.1 Å². The van der Waals surface area contributed by atoms with Crippen LogP contribution in [0.3, 0.4) is 0 Å². The molecular weight excluding hydrogens is 407 g/mol. The van der Waals surface area contributed by atoms with Gasteiger partial charge >= 0.3 is 5.97 Å². The largest absolute Gasteiger partial charge is 0.454 e. The fraction of sp³-hybridized carbons (Fsp3) is 0.143. The van der Waals surface area contributed by atoms with E-state index in [0.717, 1.165) is 10.4 Å². The number of fused-ring (bicyclic) bond motifs is 1. The van der Waals surface area contributed by atoms with E-state index >= 15 is 0 Å². The van der Waals surface area contributed by atoms with E-state index in [-0.39, 0.29) is 12.4 Å². The quantitative estimate of drug-likeness (QED) is 0.461. The molecule has 1 N–H and O–H groups in total. The van der Waals surface area contributed by atoms with Crippen LogP contribution in [-0.2, 0) is 20.9 Å². The second-order valence-electron chi connectivity index (χ2n) is 6.46. The summed E-state index contributed by atoms with van der Waals surface area (Å²) in [6.45, 7) is -0.589. The predicted molar refractivity (Wildman–Crippen MR) is 109 cm³/mol. The van der Waals surface area contributed by atoms with E-state index in [1.807, 2.05) is 29.6 Å². The third-order valence-corrected chi connectivity index (χ3v) is 5.34. The van der Waals surface area contributed by atoms with Gasteiger partial charge in [-0.15, -0.1) is 16.4 Å². The summed E-state index contributed by atoms with van der Waals surface area (Å²) in [7, 11) is 0. The topological polar surface area (TPSA) is 86.1 Å². The van der Waals surface area contributed by atoms with Crippen LogP contribution in [0.15, 0.2) is 66.0 Å². The van der Waals surface area contributed by atoms with Crippen molar-refractivity contribution in [1.82, 2.24) is 20.3 Å². The summed E-state index contributed by atoms with van der Waals surface area (Å²) in [5, 5.41) is 12.6. The van der Waals surface area contributed by atoms with Crippen LogP contribution in [0.4, 0.5) is 4.39 Å². The highest BCUT2D eigenvalue weighted by Gasteiger charge is 2.19. The molecule has 1 amide bonds. The zero-order chi connectivity index (χ0) is 20.9. The number of thiophene rings is 1. The first-order valence-electron chi connectivity index (χ1n) is 9.12. The van der Waals surface area contributed by atoms with Crippen molar-refractivity contribution < 1.29 is 18.7 Å². The highest BCUT2D eigenvalue weighted by molar-refractivity contribution is 7.10. The zero-order valence-corrected chi connectivity index (χ0v) is 16.5. The second-order valence-corrected chi connectivity index (χ2v) is 7.44. The lowest BCUT2D eigenvalue weighted by Crippen LogP contribution is -2.33. The van der Waals surface area contributed by atoms with Crippen molar-refractivity contribution >= 4 is 34.2 Å². The van der Waals surface area contributed by atoms with Gasteiger partial charge in [0.1, 0.15) is 17.9 Å². The zero-order valence-electron chi connectivity index (χ0n) is 15.7. The molecule has 1 unspecified atom stereocenters. The molecule has 4 rings (SSSR count). The Balaban J connectivity index is 1.37. The number of hydrogen-bond acceptors (Lipinski definition) is 6. The van der Waals surface area contributed by atoms with Crippen LogP contribution in [0.2, 0.25) is 0 Å². The van der Waals surface area contributed by atoms with Gasteiger partial charge in [-0.3, -0.25) is 9.59 Å². The van der Waals surface area contributed by atoms with E-state index in [4.69, 9.17) is 4.74 Å². The maximum Gasteiger partial charge on any atom is 0.328 e. The first kappa shape index (κ1) is 19.7. The van der Waals surface area contributed by atoms with Crippen molar-refractivity contribution in [3.8, 4) is 0 Å². The number of rotatable bonds is 7. The van der Waals surface area contributed by atoms with Crippen LogP contribution in [0.25, 0.3) is 11.0 Å². The molecule has 30 heavy (non-hydrogen) atoms. The van der Waals surface area contributed by atoms with E-state index in [9.17, 15) is 14.0 Å². The highest BCUT2D eigenvalue weighted by Crippen LogP contribution is 2.26. The first-order valence-corrected chi connectivity index (χ1v) is 10.0. The van der Waals surface area contributed by atoms with Gasteiger partial charge in [-0.25, -0.2) is 9.07 Å². The van der Waals surface area contributed by atoms with Gasteiger partial charge in [-0.2, -0.15) is 0 Å². The molecule has 0 saturated carbocycles. The van der Waals surface area contributed by atoms with Crippen LogP contribution in [-0.4, -0.2) is 33.5 Å². The molecular formula is C21H17FN4O3S. The lowest BCUT2D eigenvalue weighted by molar-refractivity contribution is -0.149. The summed E-state index contributed by atoms with van der Waals surface area (Å²) in [6.07, 6.45) is 0. The molecule has 2 heterocycles. The number of ether oxygens (including phenoxy) is 1. The van der Waals surface area contributed by atoms with Gasteiger partial charge in [0, 0.05) is 4.88 Å². The van der Waals surface area contributed by atoms with Crippen molar-refractivity contribution in [1.29, 1.82) is 0 Å².